The van der Waals surface area contributed by atoms with Crippen LogP contribution in [0.25, 0.3) is 11.5 Å². The number of pyridine rings is 1. The second-order valence-corrected chi connectivity index (χ2v) is 8.59. The van der Waals surface area contributed by atoms with E-state index in [9.17, 15) is 9.90 Å². The van der Waals surface area contributed by atoms with E-state index in [0.717, 1.165) is 0 Å². The first-order chi connectivity index (χ1) is 15.3. The highest BCUT2D eigenvalue weighted by Gasteiger charge is 2.43. The lowest BCUT2D eigenvalue weighted by Crippen LogP contribution is -2.53. The molecule has 1 atom stereocenters. The zero-order valence-electron chi connectivity index (χ0n) is 16.9. The number of aliphatic hydroxyl groups excluding tert-OH is 1. The van der Waals surface area contributed by atoms with Crippen LogP contribution in [0.15, 0.2) is 36.9 Å². The topological polar surface area (TPSA) is 126 Å². The molecule has 0 fully saturated rings. The SMILES string of the molecule is CC1(C)c2c(cnc3ccnn23)N(C(=O)Nc2cc(Cl)c(-n3nccn3)nc2Cl)C[C@@H]1O. The second-order valence-electron chi connectivity index (χ2n) is 7.82. The van der Waals surface area contributed by atoms with E-state index in [2.05, 4.69) is 30.6 Å². The molecular formula is C19H17Cl2N9O2. The molecule has 0 bridgehead atoms. The summed E-state index contributed by atoms with van der Waals surface area (Å²) in [5.74, 6) is 0.227. The van der Waals surface area contributed by atoms with Gasteiger partial charge in [-0.15, -0.1) is 4.80 Å². The molecule has 32 heavy (non-hydrogen) atoms. The van der Waals surface area contributed by atoms with E-state index in [4.69, 9.17) is 23.2 Å². The Hall–Kier alpha value is -3.28. The number of nitrogens with zero attached hydrogens (tertiary/aromatic N) is 8. The van der Waals surface area contributed by atoms with Crippen LogP contribution in [0.1, 0.15) is 19.5 Å². The summed E-state index contributed by atoms with van der Waals surface area (Å²) in [6.07, 6.45) is 5.33. The largest absolute Gasteiger partial charge is 0.390 e. The molecule has 2 amide bonds. The lowest BCUT2D eigenvalue weighted by molar-refractivity contribution is 0.0966. The average molecular weight is 474 g/mol. The lowest BCUT2D eigenvalue weighted by Gasteiger charge is -2.42. The maximum Gasteiger partial charge on any atom is 0.326 e. The van der Waals surface area contributed by atoms with Gasteiger partial charge in [-0.05, 0) is 6.07 Å². The number of amides is 2. The van der Waals surface area contributed by atoms with Gasteiger partial charge in [-0.1, -0.05) is 37.0 Å². The number of halogens is 2. The molecule has 4 aromatic rings. The number of aliphatic hydroxyl groups is 1. The number of anilines is 2. The molecule has 2 N–H and O–H groups in total. The van der Waals surface area contributed by atoms with Crippen LogP contribution in [0.3, 0.4) is 0 Å². The van der Waals surface area contributed by atoms with Crippen molar-refractivity contribution in [1.82, 2.24) is 34.6 Å². The summed E-state index contributed by atoms with van der Waals surface area (Å²) in [4.78, 5) is 24.4. The predicted octanol–water partition coefficient (Wildman–Crippen LogP) is 2.70. The van der Waals surface area contributed by atoms with Gasteiger partial charge in [-0.3, -0.25) is 4.90 Å². The molecule has 0 aromatic carbocycles. The van der Waals surface area contributed by atoms with Gasteiger partial charge in [0.1, 0.15) is 0 Å². The highest BCUT2D eigenvalue weighted by Crippen LogP contribution is 2.40. The number of urea groups is 1. The Bertz CT molecular complexity index is 1340. The maximum atomic E-state index is 13.2. The Kier molecular flexibility index (Phi) is 4.77. The van der Waals surface area contributed by atoms with Gasteiger partial charge in [0.15, 0.2) is 16.6 Å². The van der Waals surface area contributed by atoms with Crippen molar-refractivity contribution in [3.63, 3.8) is 0 Å². The first kappa shape index (κ1) is 20.6. The Labute approximate surface area is 191 Å². The van der Waals surface area contributed by atoms with E-state index in [0.29, 0.717) is 17.0 Å². The molecule has 1 aliphatic heterocycles. The van der Waals surface area contributed by atoms with Crippen LogP contribution >= 0.6 is 23.2 Å². The molecule has 4 aromatic heterocycles. The summed E-state index contributed by atoms with van der Waals surface area (Å²) in [6.45, 7) is 3.85. The van der Waals surface area contributed by atoms with Crippen LogP contribution in [-0.2, 0) is 5.41 Å². The first-order valence-corrected chi connectivity index (χ1v) is 10.4. The highest BCUT2D eigenvalue weighted by atomic mass is 35.5. The van der Waals surface area contributed by atoms with Gasteiger partial charge in [-0.25, -0.2) is 19.3 Å². The van der Waals surface area contributed by atoms with Crippen molar-refractivity contribution in [3.8, 4) is 5.82 Å². The number of rotatable bonds is 2. The molecule has 164 valence electrons. The molecule has 0 aliphatic carbocycles. The summed E-state index contributed by atoms with van der Waals surface area (Å²) in [5, 5.41) is 26.0. The minimum absolute atomic E-state index is 0.00816. The fourth-order valence-electron chi connectivity index (χ4n) is 3.71. The summed E-state index contributed by atoms with van der Waals surface area (Å²) in [6, 6.07) is 2.69. The molecule has 11 nitrogen and oxygen atoms in total. The van der Waals surface area contributed by atoms with Gasteiger partial charge >= 0.3 is 6.03 Å². The van der Waals surface area contributed by atoms with Crippen LogP contribution in [0.2, 0.25) is 10.2 Å². The van der Waals surface area contributed by atoms with E-state index in [1.54, 1.807) is 23.0 Å². The Morgan fingerprint density at radius 3 is 2.72 bits per heavy atom. The number of fused-ring (bicyclic) bond motifs is 3. The zero-order valence-corrected chi connectivity index (χ0v) is 18.4. The first-order valence-electron chi connectivity index (χ1n) is 9.60. The summed E-state index contributed by atoms with van der Waals surface area (Å²) < 4.78 is 1.63. The monoisotopic (exact) mass is 473 g/mol. The van der Waals surface area contributed by atoms with Crippen molar-refractivity contribution in [2.24, 2.45) is 0 Å². The number of nitrogens with one attached hydrogen (secondary N) is 1. The number of carbonyl (C=O) groups excluding carboxylic acids is 1. The molecule has 1 aliphatic rings. The third-order valence-corrected chi connectivity index (χ3v) is 6.06. The van der Waals surface area contributed by atoms with E-state index in [1.807, 2.05) is 13.8 Å². The minimum atomic E-state index is -0.846. The predicted molar refractivity (Wildman–Crippen MR) is 118 cm³/mol. The van der Waals surface area contributed by atoms with Gasteiger partial charge in [0.25, 0.3) is 0 Å². The van der Waals surface area contributed by atoms with Crippen LogP contribution in [0.4, 0.5) is 16.2 Å². The fourth-order valence-corrected chi connectivity index (χ4v) is 4.12. The minimum Gasteiger partial charge on any atom is -0.390 e. The third kappa shape index (κ3) is 3.17. The molecule has 0 unspecified atom stereocenters. The Balaban J connectivity index is 1.51. The second kappa shape index (κ2) is 7.40. The molecule has 0 saturated heterocycles. The number of carbonyl (C=O) groups is 1. The molecular weight excluding hydrogens is 457 g/mol. The van der Waals surface area contributed by atoms with Crippen molar-refractivity contribution in [2.75, 3.05) is 16.8 Å². The molecule has 0 radical (unpaired) electrons. The standard InChI is InChI=1S/C19H17Cl2N9O2/c1-19(2)13(31)9-28(12-8-22-14-3-4-23-29(14)15(12)19)18(32)26-11-7-10(20)17(27-16(11)21)30-24-5-6-25-30/h3-8,13,31H,9H2,1-2H3,(H,26,32)/t13-/m0/s1. The van der Waals surface area contributed by atoms with Gasteiger partial charge in [-0.2, -0.15) is 15.3 Å². The van der Waals surface area contributed by atoms with Gasteiger partial charge in [0.05, 0.1) is 59.5 Å². The highest BCUT2D eigenvalue weighted by molar-refractivity contribution is 6.35. The quantitative estimate of drug-likeness (QED) is 0.428. The normalized spacial score (nSPS) is 17.4. The van der Waals surface area contributed by atoms with E-state index in [-0.39, 0.29) is 28.2 Å². The summed E-state index contributed by atoms with van der Waals surface area (Å²) >= 11 is 12.6. The Morgan fingerprint density at radius 1 is 1.22 bits per heavy atom. The van der Waals surface area contributed by atoms with Crippen LogP contribution in [-0.4, -0.2) is 58.4 Å². The zero-order chi connectivity index (χ0) is 22.6. The fraction of sp³-hybridized carbons (Fsp3) is 0.263. The van der Waals surface area contributed by atoms with E-state index >= 15 is 0 Å². The van der Waals surface area contributed by atoms with Crippen molar-refractivity contribution in [2.45, 2.75) is 25.4 Å². The third-order valence-electron chi connectivity index (χ3n) is 5.49. The molecule has 0 saturated carbocycles. The lowest BCUT2D eigenvalue weighted by atomic mass is 9.79. The van der Waals surface area contributed by atoms with Gasteiger partial charge in [0, 0.05) is 11.5 Å². The molecule has 13 heteroatoms. The number of hydrogen-bond acceptors (Lipinski definition) is 7. The average Bonchev–Trinajstić information content (AvgIpc) is 3.44. The van der Waals surface area contributed by atoms with Crippen molar-refractivity contribution in [1.29, 1.82) is 0 Å². The summed E-state index contributed by atoms with van der Waals surface area (Å²) in [7, 11) is 0. The molecule has 5 heterocycles. The Morgan fingerprint density at radius 2 is 1.97 bits per heavy atom. The van der Waals surface area contributed by atoms with E-state index < -0.39 is 17.6 Å². The number of aromatic nitrogens is 7. The molecule has 5 rings (SSSR count). The smallest absolute Gasteiger partial charge is 0.326 e. The summed E-state index contributed by atoms with van der Waals surface area (Å²) in [5.41, 5.74) is 1.35. The van der Waals surface area contributed by atoms with Crippen LogP contribution in [0, 0.1) is 0 Å². The van der Waals surface area contributed by atoms with Gasteiger partial charge in [0.2, 0.25) is 0 Å². The van der Waals surface area contributed by atoms with Crippen LogP contribution in [0.5, 0.6) is 0 Å². The molecule has 0 spiro atoms. The number of β-amino-alcohol motifs (C(OH)–C–C–N with tert-alkyl or cyclic N) is 1. The maximum absolute atomic E-state index is 13.2. The number of hydrogen-bond donors (Lipinski definition) is 2. The van der Waals surface area contributed by atoms with Crippen LogP contribution < -0.4 is 10.2 Å². The van der Waals surface area contributed by atoms with Crippen molar-refractivity contribution < 1.29 is 9.90 Å². The van der Waals surface area contributed by atoms with Crippen molar-refractivity contribution >= 4 is 46.3 Å². The van der Waals surface area contributed by atoms with Gasteiger partial charge < -0.3 is 10.4 Å². The van der Waals surface area contributed by atoms with E-state index in [1.165, 1.54) is 28.2 Å². The van der Waals surface area contributed by atoms with Crippen molar-refractivity contribution in [3.05, 3.63) is 52.8 Å².